The number of hydrogen-bond acceptors (Lipinski definition) is 3. The van der Waals surface area contributed by atoms with Gasteiger partial charge >= 0.3 is 0 Å². The normalized spacial score (nSPS) is 14.4. The average molecular weight is 333 g/mol. The first-order valence-electron chi connectivity index (χ1n) is 6.80. The van der Waals surface area contributed by atoms with E-state index in [9.17, 15) is 0 Å². The van der Waals surface area contributed by atoms with Gasteiger partial charge in [0.2, 0.25) is 0 Å². The Morgan fingerprint density at radius 2 is 2.20 bits per heavy atom. The van der Waals surface area contributed by atoms with Gasteiger partial charge in [-0.25, -0.2) is 4.98 Å². The van der Waals surface area contributed by atoms with E-state index in [0.29, 0.717) is 0 Å². The number of anilines is 2. The van der Waals surface area contributed by atoms with E-state index in [-0.39, 0.29) is 0 Å². The summed E-state index contributed by atoms with van der Waals surface area (Å²) in [5.41, 5.74) is 3.50. The highest BCUT2D eigenvalue weighted by Gasteiger charge is 2.19. The third-order valence-corrected chi connectivity index (χ3v) is 4.10. The van der Waals surface area contributed by atoms with Crippen LogP contribution >= 0.6 is 15.9 Å². The first-order valence-corrected chi connectivity index (χ1v) is 7.92. The van der Waals surface area contributed by atoms with Crippen molar-refractivity contribution >= 4 is 27.4 Å². The lowest BCUT2D eigenvalue weighted by Gasteiger charge is -2.24. The third-order valence-electron chi connectivity index (χ3n) is 3.46. The third kappa shape index (κ3) is 2.52. The molecule has 3 rings (SSSR count). The first kappa shape index (κ1) is 13.4. The lowest BCUT2D eigenvalue weighted by Crippen LogP contribution is -2.20. The van der Waals surface area contributed by atoms with Crippen molar-refractivity contribution in [1.82, 2.24) is 4.98 Å². The van der Waals surface area contributed by atoms with Crippen LogP contribution < -0.4 is 9.64 Å². The molecule has 1 aromatic heterocycles. The molecule has 1 aliphatic rings. The second kappa shape index (κ2) is 5.83. The van der Waals surface area contributed by atoms with Crippen LogP contribution in [0.1, 0.15) is 17.5 Å². The Morgan fingerprint density at radius 3 is 3.00 bits per heavy atom. The Bertz CT molecular complexity index is 615. The molecule has 2 aromatic rings. The molecule has 1 aromatic carbocycles. The van der Waals surface area contributed by atoms with Crippen molar-refractivity contribution in [2.45, 2.75) is 18.7 Å². The Kier molecular flexibility index (Phi) is 3.92. The van der Waals surface area contributed by atoms with E-state index in [1.165, 1.54) is 11.1 Å². The molecule has 0 saturated heterocycles. The van der Waals surface area contributed by atoms with Gasteiger partial charge in [0.15, 0.2) is 0 Å². The number of rotatable bonds is 2. The number of halogens is 1. The Hall–Kier alpha value is -1.55. The number of para-hydroxylation sites is 2. The molecule has 0 saturated carbocycles. The molecule has 0 spiro atoms. The number of hydrogen-bond donors (Lipinski definition) is 0. The molecule has 3 nitrogen and oxygen atoms in total. The van der Waals surface area contributed by atoms with Crippen molar-refractivity contribution in [2.24, 2.45) is 0 Å². The Labute approximate surface area is 127 Å². The van der Waals surface area contributed by atoms with Crippen LogP contribution in [0.2, 0.25) is 0 Å². The van der Waals surface area contributed by atoms with E-state index in [0.717, 1.165) is 42.2 Å². The van der Waals surface area contributed by atoms with Crippen molar-refractivity contribution in [3.63, 3.8) is 0 Å². The van der Waals surface area contributed by atoms with Crippen molar-refractivity contribution < 1.29 is 4.74 Å². The summed E-state index contributed by atoms with van der Waals surface area (Å²) in [5.74, 6) is 1.96. The zero-order valence-corrected chi connectivity index (χ0v) is 13.1. The summed E-state index contributed by atoms with van der Waals surface area (Å²) in [6.07, 6.45) is 2.93. The van der Waals surface area contributed by atoms with E-state index < -0.39 is 0 Å². The first-order chi connectivity index (χ1) is 9.79. The van der Waals surface area contributed by atoms with E-state index >= 15 is 0 Å². The molecular formula is C16H17BrN2O. The molecule has 0 bridgehead atoms. The van der Waals surface area contributed by atoms with Gasteiger partial charge in [0, 0.05) is 18.1 Å². The largest absolute Gasteiger partial charge is 0.491 e. The number of aryl methyl sites for hydroxylation is 1. The summed E-state index contributed by atoms with van der Waals surface area (Å²) in [5, 5.41) is 0.834. The van der Waals surface area contributed by atoms with Crippen LogP contribution in [0.15, 0.2) is 36.5 Å². The standard InChI is InChI=1S/C16H17BrN2O/c1-12-9-13(10-17)11-18-16(12)19-7-4-8-20-15-6-3-2-5-14(15)19/h2-3,5-6,9,11H,4,7-8,10H2,1H3. The fourth-order valence-corrected chi connectivity index (χ4v) is 2.84. The summed E-state index contributed by atoms with van der Waals surface area (Å²) in [6, 6.07) is 10.4. The second-order valence-electron chi connectivity index (χ2n) is 4.94. The van der Waals surface area contributed by atoms with Crippen LogP contribution in [0.5, 0.6) is 5.75 Å². The number of fused-ring (bicyclic) bond motifs is 1. The number of nitrogens with zero attached hydrogens (tertiary/aromatic N) is 2. The van der Waals surface area contributed by atoms with Gasteiger partial charge in [0.05, 0.1) is 12.3 Å². The lowest BCUT2D eigenvalue weighted by molar-refractivity contribution is 0.322. The van der Waals surface area contributed by atoms with Gasteiger partial charge in [-0.2, -0.15) is 0 Å². The maximum Gasteiger partial charge on any atom is 0.142 e. The van der Waals surface area contributed by atoms with Crippen LogP contribution in [0.3, 0.4) is 0 Å². The van der Waals surface area contributed by atoms with E-state index in [4.69, 9.17) is 4.74 Å². The minimum absolute atomic E-state index is 0.756. The summed E-state index contributed by atoms with van der Waals surface area (Å²) in [4.78, 5) is 6.91. The lowest BCUT2D eigenvalue weighted by atomic mass is 10.2. The van der Waals surface area contributed by atoms with Crippen molar-refractivity contribution in [3.8, 4) is 5.75 Å². The fourth-order valence-electron chi connectivity index (χ4n) is 2.53. The maximum atomic E-state index is 5.81. The Morgan fingerprint density at radius 1 is 1.35 bits per heavy atom. The quantitative estimate of drug-likeness (QED) is 0.770. The maximum absolute atomic E-state index is 5.81. The highest BCUT2D eigenvalue weighted by molar-refractivity contribution is 9.08. The second-order valence-corrected chi connectivity index (χ2v) is 5.50. The number of ether oxygens (including phenoxy) is 1. The smallest absolute Gasteiger partial charge is 0.142 e. The highest BCUT2D eigenvalue weighted by atomic mass is 79.9. The monoisotopic (exact) mass is 332 g/mol. The van der Waals surface area contributed by atoms with Crippen LogP contribution in [0.25, 0.3) is 0 Å². The van der Waals surface area contributed by atoms with E-state index in [1.807, 2.05) is 24.4 Å². The Balaban J connectivity index is 2.05. The van der Waals surface area contributed by atoms with Crippen LogP contribution in [0, 0.1) is 6.92 Å². The topological polar surface area (TPSA) is 25.4 Å². The predicted octanol–water partition coefficient (Wildman–Crippen LogP) is 4.21. The van der Waals surface area contributed by atoms with E-state index in [1.54, 1.807) is 0 Å². The molecular weight excluding hydrogens is 316 g/mol. The molecule has 0 unspecified atom stereocenters. The summed E-state index contributed by atoms with van der Waals surface area (Å²) in [7, 11) is 0. The minimum Gasteiger partial charge on any atom is -0.491 e. The molecule has 104 valence electrons. The van der Waals surface area contributed by atoms with E-state index in [2.05, 4.69) is 44.9 Å². The minimum atomic E-state index is 0.756. The van der Waals surface area contributed by atoms with Gasteiger partial charge in [0.1, 0.15) is 11.6 Å². The van der Waals surface area contributed by atoms with Crippen LogP contribution in [0.4, 0.5) is 11.5 Å². The number of pyridine rings is 1. The van der Waals surface area contributed by atoms with Crippen molar-refractivity contribution in [2.75, 3.05) is 18.1 Å². The van der Waals surface area contributed by atoms with Crippen LogP contribution in [-0.2, 0) is 5.33 Å². The summed E-state index contributed by atoms with van der Waals surface area (Å²) >= 11 is 3.48. The highest BCUT2D eigenvalue weighted by Crippen LogP contribution is 2.36. The molecule has 0 atom stereocenters. The SMILES string of the molecule is Cc1cc(CBr)cnc1N1CCCOc2ccccc21. The molecule has 0 amide bonds. The van der Waals surface area contributed by atoms with Gasteiger partial charge in [-0.1, -0.05) is 34.1 Å². The fraction of sp³-hybridized carbons (Fsp3) is 0.312. The number of alkyl halides is 1. The van der Waals surface area contributed by atoms with Gasteiger partial charge in [-0.15, -0.1) is 0 Å². The zero-order valence-electron chi connectivity index (χ0n) is 11.5. The average Bonchev–Trinajstić information content (AvgIpc) is 2.69. The van der Waals surface area contributed by atoms with Crippen molar-refractivity contribution in [1.29, 1.82) is 0 Å². The predicted molar refractivity (Wildman–Crippen MR) is 85.2 cm³/mol. The molecule has 4 heteroatoms. The van der Waals surface area contributed by atoms with Gasteiger partial charge in [-0.05, 0) is 36.6 Å². The molecule has 20 heavy (non-hydrogen) atoms. The summed E-state index contributed by atoms with van der Waals surface area (Å²) in [6.45, 7) is 3.80. The molecule has 0 N–H and O–H groups in total. The molecule has 0 radical (unpaired) electrons. The molecule has 0 fully saturated rings. The number of benzene rings is 1. The zero-order chi connectivity index (χ0) is 13.9. The summed E-state index contributed by atoms with van der Waals surface area (Å²) < 4.78 is 5.81. The van der Waals surface area contributed by atoms with Gasteiger partial charge in [-0.3, -0.25) is 0 Å². The molecule has 1 aliphatic heterocycles. The van der Waals surface area contributed by atoms with Gasteiger partial charge in [0.25, 0.3) is 0 Å². The van der Waals surface area contributed by atoms with Crippen LogP contribution in [-0.4, -0.2) is 18.1 Å². The number of aromatic nitrogens is 1. The molecule has 0 aliphatic carbocycles. The molecule has 2 heterocycles. The van der Waals surface area contributed by atoms with Crippen molar-refractivity contribution in [3.05, 3.63) is 47.7 Å². The van der Waals surface area contributed by atoms with Gasteiger partial charge < -0.3 is 9.64 Å².